The minimum atomic E-state index is -0.418. The molecule has 1 saturated carbocycles. The summed E-state index contributed by atoms with van der Waals surface area (Å²) in [5.74, 6) is 1.14. The van der Waals surface area contributed by atoms with Crippen LogP contribution in [-0.2, 0) is 9.47 Å². The van der Waals surface area contributed by atoms with Crippen molar-refractivity contribution in [3.05, 3.63) is 0 Å². The van der Waals surface area contributed by atoms with Gasteiger partial charge in [-0.3, -0.25) is 0 Å². The maximum Gasteiger partial charge on any atom is 0.410 e. The van der Waals surface area contributed by atoms with Crippen molar-refractivity contribution in [3.63, 3.8) is 0 Å². The molecule has 0 aromatic rings. The summed E-state index contributed by atoms with van der Waals surface area (Å²) in [7, 11) is 0. The van der Waals surface area contributed by atoms with Gasteiger partial charge in [-0.25, -0.2) is 4.79 Å². The average molecular weight is 324 g/mol. The van der Waals surface area contributed by atoms with Crippen molar-refractivity contribution < 1.29 is 14.3 Å². The summed E-state index contributed by atoms with van der Waals surface area (Å²) in [5.41, 5.74) is -0.614. The van der Waals surface area contributed by atoms with Crippen molar-refractivity contribution in [2.24, 2.45) is 11.8 Å². The summed E-state index contributed by atoms with van der Waals surface area (Å²) in [6.45, 7) is 16.0. The lowest BCUT2D eigenvalue weighted by molar-refractivity contribution is -0.0701. The second kappa shape index (κ2) is 5.09. The fraction of sp³-hybridized carbons (Fsp3) is 0.944. The van der Waals surface area contributed by atoms with E-state index in [1.165, 1.54) is 0 Å². The van der Waals surface area contributed by atoms with Gasteiger partial charge < -0.3 is 19.7 Å². The van der Waals surface area contributed by atoms with Crippen LogP contribution in [0.5, 0.6) is 0 Å². The molecule has 23 heavy (non-hydrogen) atoms. The smallest absolute Gasteiger partial charge is 0.410 e. The van der Waals surface area contributed by atoms with Crippen LogP contribution in [0.2, 0.25) is 0 Å². The molecule has 1 N–H and O–H groups in total. The van der Waals surface area contributed by atoms with Crippen LogP contribution in [-0.4, -0.2) is 53.0 Å². The lowest BCUT2D eigenvalue weighted by atomic mass is 9.94. The number of likely N-dealkylation sites (tertiary alicyclic amines) is 1. The topological polar surface area (TPSA) is 50.8 Å². The Kier molecular flexibility index (Phi) is 3.77. The Hall–Kier alpha value is -0.810. The SMILES string of the molecule is CC(C)(C)OC(=O)N1CC2C(C1)C2NC1CC(C)(C)OC1(C)C. The number of fused-ring (bicyclic) bond motifs is 1. The van der Waals surface area contributed by atoms with Crippen LogP contribution in [0.25, 0.3) is 0 Å². The highest BCUT2D eigenvalue weighted by Crippen LogP contribution is 2.48. The molecule has 2 heterocycles. The van der Waals surface area contributed by atoms with Crippen molar-refractivity contribution in [2.75, 3.05) is 13.1 Å². The normalized spacial score (nSPS) is 37.6. The molecule has 5 heteroatoms. The molecule has 0 aromatic heterocycles. The number of nitrogens with one attached hydrogen (secondary N) is 1. The van der Waals surface area contributed by atoms with Gasteiger partial charge in [0.05, 0.1) is 11.2 Å². The first kappa shape index (κ1) is 17.0. The van der Waals surface area contributed by atoms with E-state index in [1.807, 2.05) is 25.7 Å². The number of nitrogens with zero attached hydrogens (tertiary/aromatic N) is 1. The molecule has 0 aromatic carbocycles. The Morgan fingerprint density at radius 2 is 1.74 bits per heavy atom. The van der Waals surface area contributed by atoms with E-state index in [-0.39, 0.29) is 17.3 Å². The van der Waals surface area contributed by atoms with Crippen LogP contribution in [0.15, 0.2) is 0 Å². The van der Waals surface area contributed by atoms with Crippen molar-refractivity contribution in [1.82, 2.24) is 10.2 Å². The molecular formula is C18H32N2O3. The monoisotopic (exact) mass is 324 g/mol. The zero-order valence-corrected chi connectivity index (χ0v) is 15.6. The van der Waals surface area contributed by atoms with E-state index in [1.54, 1.807) is 0 Å². The van der Waals surface area contributed by atoms with Crippen molar-refractivity contribution in [3.8, 4) is 0 Å². The van der Waals surface area contributed by atoms with Gasteiger partial charge in [-0.2, -0.15) is 0 Å². The van der Waals surface area contributed by atoms with Crippen molar-refractivity contribution in [1.29, 1.82) is 0 Å². The van der Waals surface area contributed by atoms with Gasteiger partial charge in [-0.1, -0.05) is 0 Å². The third kappa shape index (κ3) is 3.50. The van der Waals surface area contributed by atoms with E-state index in [0.29, 0.717) is 23.9 Å². The molecule has 3 aliphatic rings. The van der Waals surface area contributed by atoms with E-state index in [2.05, 4.69) is 33.0 Å². The fourth-order valence-corrected chi connectivity index (χ4v) is 4.30. The first-order valence-corrected chi connectivity index (χ1v) is 8.82. The molecule has 0 bridgehead atoms. The zero-order chi connectivity index (χ0) is 17.2. The first-order valence-electron chi connectivity index (χ1n) is 8.82. The van der Waals surface area contributed by atoms with Gasteiger partial charge in [0, 0.05) is 25.2 Å². The molecule has 3 rings (SSSR count). The number of carbonyl (C=O) groups is 1. The van der Waals surface area contributed by atoms with Gasteiger partial charge in [-0.15, -0.1) is 0 Å². The molecule has 2 saturated heterocycles. The molecule has 3 fully saturated rings. The largest absolute Gasteiger partial charge is 0.444 e. The third-order valence-electron chi connectivity index (χ3n) is 5.31. The van der Waals surface area contributed by atoms with Crippen LogP contribution in [0, 0.1) is 11.8 Å². The van der Waals surface area contributed by atoms with E-state index in [9.17, 15) is 4.79 Å². The van der Waals surface area contributed by atoms with Crippen LogP contribution >= 0.6 is 0 Å². The van der Waals surface area contributed by atoms with Gasteiger partial charge in [0.2, 0.25) is 0 Å². The standard InChI is InChI=1S/C18H32N2O3/c1-16(2,3)22-15(21)20-9-11-12(10-20)14(11)19-13-8-17(4,5)23-18(13,6)7/h11-14,19H,8-10H2,1-7H3. The van der Waals surface area contributed by atoms with Gasteiger partial charge in [0.1, 0.15) is 5.60 Å². The number of ether oxygens (including phenoxy) is 2. The van der Waals surface area contributed by atoms with E-state index >= 15 is 0 Å². The Balaban J connectivity index is 1.50. The molecule has 0 spiro atoms. The molecule has 2 aliphatic heterocycles. The molecule has 3 atom stereocenters. The third-order valence-corrected chi connectivity index (χ3v) is 5.31. The van der Waals surface area contributed by atoms with E-state index in [0.717, 1.165) is 19.5 Å². The summed E-state index contributed by atoms with van der Waals surface area (Å²) >= 11 is 0. The molecular weight excluding hydrogens is 292 g/mol. The van der Waals surface area contributed by atoms with E-state index < -0.39 is 5.60 Å². The Labute approximate surface area is 140 Å². The Bertz CT molecular complexity index is 483. The second-order valence-electron chi connectivity index (χ2n) is 9.63. The lowest BCUT2D eigenvalue weighted by Gasteiger charge is -2.29. The number of amides is 1. The van der Waals surface area contributed by atoms with Crippen LogP contribution < -0.4 is 5.32 Å². The van der Waals surface area contributed by atoms with Gasteiger partial charge in [-0.05, 0) is 66.7 Å². The summed E-state index contributed by atoms with van der Waals surface area (Å²) in [6.07, 6.45) is 0.861. The second-order valence-corrected chi connectivity index (χ2v) is 9.63. The molecule has 1 amide bonds. The Morgan fingerprint density at radius 3 is 2.17 bits per heavy atom. The van der Waals surface area contributed by atoms with Gasteiger partial charge in [0.25, 0.3) is 0 Å². The van der Waals surface area contributed by atoms with Gasteiger partial charge in [0.15, 0.2) is 0 Å². The minimum Gasteiger partial charge on any atom is -0.444 e. The number of hydrogen-bond acceptors (Lipinski definition) is 4. The minimum absolute atomic E-state index is 0.0618. The number of rotatable bonds is 2. The maximum absolute atomic E-state index is 12.1. The van der Waals surface area contributed by atoms with Gasteiger partial charge >= 0.3 is 6.09 Å². The predicted molar refractivity (Wildman–Crippen MR) is 89.4 cm³/mol. The molecule has 1 aliphatic carbocycles. The fourth-order valence-electron chi connectivity index (χ4n) is 4.30. The quantitative estimate of drug-likeness (QED) is 0.848. The predicted octanol–water partition coefficient (Wildman–Crippen LogP) is 2.79. The lowest BCUT2D eigenvalue weighted by Crippen LogP contribution is -2.47. The maximum atomic E-state index is 12.1. The number of carbonyl (C=O) groups excluding carboxylic acids is 1. The summed E-state index contributed by atoms with van der Waals surface area (Å²) in [4.78, 5) is 14.0. The Morgan fingerprint density at radius 1 is 1.17 bits per heavy atom. The first-order chi connectivity index (χ1) is 10.4. The molecule has 3 unspecified atom stereocenters. The van der Waals surface area contributed by atoms with Crippen molar-refractivity contribution >= 4 is 6.09 Å². The number of piperidine rings is 1. The van der Waals surface area contributed by atoms with Crippen LogP contribution in [0.4, 0.5) is 4.79 Å². The number of hydrogen-bond donors (Lipinski definition) is 1. The zero-order valence-electron chi connectivity index (χ0n) is 15.6. The average Bonchev–Trinajstić information content (AvgIpc) is 2.71. The summed E-state index contributed by atoms with van der Waals surface area (Å²) < 4.78 is 11.6. The van der Waals surface area contributed by atoms with Crippen LogP contribution in [0.3, 0.4) is 0 Å². The van der Waals surface area contributed by atoms with E-state index in [4.69, 9.17) is 9.47 Å². The highest BCUT2D eigenvalue weighted by atomic mass is 16.6. The molecule has 132 valence electrons. The van der Waals surface area contributed by atoms with Crippen LogP contribution in [0.1, 0.15) is 54.9 Å². The molecule has 5 nitrogen and oxygen atoms in total. The van der Waals surface area contributed by atoms with Crippen molar-refractivity contribution in [2.45, 2.75) is 83.8 Å². The highest BCUT2D eigenvalue weighted by molar-refractivity contribution is 5.69. The molecule has 0 radical (unpaired) electrons. The summed E-state index contributed by atoms with van der Waals surface area (Å²) in [5, 5.41) is 3.80. The summed E-state index contributed by atoms with van der Waals surface area (Å²) in [6, 6.07) is 0.901. The highest BCUT2D eigenvalue weighted by Gasteiger charge is 2.59.